The third-order valence-corrected chi connectivity index (χ3v) is 3.45. The lowest BCUT2D eigenvalue weighted by Crippen LogP contribution is -2.18. The van der Waals surface area contributed by atoms with Crippen molar-refractivity contribution in [3.8, 4) is 0 Å². The first-order chi connectivity index (χ1) is 12.9. The smallest absolute Gasteiger partial charge is 0.373 e. The number of carbonyl (C=O) groups is 2. The van der Waals surface area contributed by atoms with E-state index in [0.29, 0.717) is 5.56 Å². The van der Waals surface area contributed by atoms with Crippen LogP contribution in [0, 0.1) is 10.1 Å². The number of esters is 2. The Morgan fingerprint density at radius 2 is 1.78 bits per heavy atom. The molecule has 0 fully saturated rings. The molecule has 0 amide bonds. The maximum atomic E-state index is 12.1. The molecule has 0 heterocycles. The third kappa shape index (κ3) is 7.45. The van der Waals surface area contributed by atoms with E-state index < -0.39 is 29.4 Å². The van der Waals surface area contributed by atoms with Crippen LogP contribution in [-0.2, 0) is 23.8 Å². The van der Waals surface area contributed by atoms with Gasteiger partial charge < -0.3 is 19.3 Å². The summed E-state index contributed by atoms with van der Waals surface area (Å²) >= 11 is 0. The number of nitro benzene ring substituents is 1. The zero-order valence-corrected chi connectivity index (χ0v) is 15.3. The number of aliphatic hydroxyl groups excluding tert-OH is 1. The molecular formula is C18H23NO8. The Balaban J connectivity index is 3.09. The molecule has 0 aliphatic carbocycles. The van der Waals surface area contributed by atoms with Gasteiger partial charge in [-0.1, -0.05) is 12.1 Å². The molecule has 1 rings (SSSR count). The fourth-order valence-electron chi connectivity index (χ4n) is 2.23. The molecule has 1 aromatic rings. The number of carbonyl (C=O) groups excluding carboxylic acids is 2. The molecule has 0 radical (unpaired) electrons. The second-order valence-corrected chi connectivity index (χ2v) is 5.31. The molecule has 1 aromatic carbocycles. The number of non-ortho nitro benzene ring substituents is 1. The van der Waals surface area contributed by atoms with E-state index in [1.165, 1.54) is 30.3 Å². The van der Waals surface area contributed by atoms with E-state index in [1.807, 2.05) is 0 Å². The second kappa shape index (κ2) is 11.6. The molecule has 0 aliphatic heterocycles. The maximum Gasteiger partial charge on any atom is 0.373 e. The molecule has 0 aromatic heterocycles. The minimum Gasteiger partial charge on any atom is -0.475 e. The molecule has 0 unspecified atom stereocenters. The lowest BCUT2D eigenvalue weighted by molar-refractivity contribution is -0.384. The number of allylic oxidation sites excluding steroid dienone is 1. The number of hydrogen-bond acceptors (Lipinski definition) is 8. The van der Waals surface area contributed by atoms with Gasteiger partial charge in [-0.15, -0.1) is 0 Å². The van der Waals surface area contributed by atoms with Crippen LogP contribution in [0.3, 0.4) is 0 Å². The van der Waals surface area contributed by atoms with Gasteiger partial charge in [-0.2, -0.15) is 0 Å². The molecule has 0 aliphatic rings. The quantitative estimate of drug-likeness (QED) is 0.203. The zero-order chi connectivity index (χ0) is 20.2. The van der Waals surface area contributed by atoms with Crippen molar-refractivity contribution in [1.29, 1.82) is 0 Å². The monoisotopic (exact) mass is 381 g/mol. The first kappa shape index (κ1) is 22.1. The average Bonchev–Trinajstić information content (AvgIpc) is 2.64. The first-order valence-corrected chi connectivity index (χ1v) is 8.45. The van der Waals surface area contributed by atoms with Crippen LogP contribution in [0.1, 0.15) is 31.7 Å². The van der Waals surface area contributed by atoms with Gasteiger partial charge in [-0.3, -0.25) is 10.1 Å². The highest BCUT2D eigenvalue weighted by molar-refractivity contribution is 5.87. The van der Waals surface area contributed by atoms with Crippen molar-refractivity contribution in [1.82, 2.24) is 0 Å². The highest BCUT2D eigenvalue weighted by Gasteiger charge is 2.19. The lowest BCUT2D eigenvalue weighted by atomic mass is 9.95. The van der Waals surface area contributed by atoms with Crippen molar-refractivity contribution in [2.75, 3.05) is 26.4 Å². The lowest BCUT2D eigenvalue weighted by Gasteiger charge is -2.15. The number of hydrogen-bond donors (Lipinski definition) is 1. The van der Waals surface area contributed by atoms with Crippen LogP contribution in [0.5, 0.6) is 0 Å². The van der Waals surface area contributed by atoms with Crippen LogP contribution in [0.25, 0.3) is 0 Å². The van der Waals surface area contributed by atoms with Gasteiger partial charge in [0.25, 0.3) is 5.69 Å². The summed E-state index contributed by atoms with van der Waals surface area (Å²) in [5, 5.41) is 20.1. The summed E-state index contributed by atoms with van der Waals surface area (Å²) in [7, 11) is 0. The Bertz CT molecular complexity index is 668. The van der Waals surface area contributed by atoms with E-state index >= 15 is 0 Å². The summed E-state index contributed by atoms with van der Waals surface area (Å²) in [6.45, 7) is 2.91. The van der Waals surface area contributed by atoms with Crippen LogP contribution in [0.2, 0.25) is 0 Å². The Morgan fingerprint density at radius 3 is 2.30 bits per heavy atom. The van der Waals surface area contributed by atoms with Crippen molar-refractivity contribution in [2.45, 2.75) is 26.2 Å². The van der Waals surface area contributed by atoms with E-state index in [4.69, 9.17) is 14.2 Å². The minimum atomic E-state index is -0.758. The summed E-state index contributed by atoms with van der Waals surface area (Å²) in [6.07, 6.45) is 1.66. The SMILES string of the molecule is CCOC(=O)CO/C(=C\[C@H](CCO)c1ccc([N+](=O)[O-])cc1)C(=O)OCC. The summed E-state index contributed by atoms with van der Waals surface area (Å²) in [6, 6.07) is 5.72. The Morgan fingerprint density at radius 1 is 1.15 bits per heavy atom. The second-order valence-electron chi connectivity index (χ2n) is 5.31. The topological polar surface area (TPSA) is 125 Å². The van der Waals surface area contributed by atoms with E-state index in [9.17, 15) is 24.8 Å². The summed E-state index contributed by atoms with van der Waals surface area (Å²) < 4.78 is 14.9. The fraction of sp³-hybridized carbons (Fsp3) is 0.444. The molecule has 1 N–H and O–H groups in total. The van der Waals surface area contributed by atoms with Crippen molar-refractivity contribution >= 4 is 17.6 Å². The Kier molecular flexibility index (Phi) is 9.52. The highest BCUT2D eigenvalue weighted by Crippen LogP contribution is 2.25. The number of benzene rings is 1. The average molecular weight is 381 g/mol. The summed E-state index contributed by atoms with van der Waals surface area (Å²) in [5.41, 5.74) is 0.561. The highest BCUT2D eigenvalue weighted by atomic mass is 16.6. The number of aliphatic hydroxyl groups is 1. The molecular weight excluding hydrogens is 358 g/mol. The van der Waals surface area contributed by atoms with Crippen molar-refractivity contribution < 1.29 is 33.8 Å². The van der Waals surface area contributed by atoms with Gasteiger partial charge in [-0.25, -0.2) is 9.59 Å². The standard InChI is InChI=1S/C18H23NO8/c1-3-25-17(21)12-27-16(18(22)26-4-2)11-14(9-10-20)13-5-7-15(8-6-13)19(23)24/h5-8,11,14,20H,3-4,9-10,12H2,1-2H3/b16-11-/t14-/m0/s1. The van der Waals surface area contributed by atoms with Crippen LogP contribution in [0.4, 0.5) is 5.69 Å². The Hall–Kier alpha value is -2.94. The van der Waals surface area contributed by atoms with Crippen LogP contribution < -0.4 is 0 Å². The van der Waals surface area contributed by atoms with Crippen molar-refractivity contribution in [2.24, 2.45) is 0 Å². The van der Waals surface area contributed by atoms with Crippen molar-refractivity contribution in [3.63, 3.8) is 0 Å². The maximum absolute atomic E-state index is 12.1. The molecule has 9 heteroatoms. The van der Waals surface area contributed by atoms with Gasteiger partial charge in [0.15, 0.2) is 6.61 Å². The van der Waals surface area contributed by atoms with Crippen LogP contribution >= 0.6 is 0 Å². The van der Waals surface area contributed by atoms with Crippen LogP contribution in [0.15, 0.2) is 36.1 Å². The van der Waals surface area contributed by atoms with Crippen LogP contribution in [-0.4, -0.2) is 48.4 Å². The minimum absolute atomic E-state index is 0.0744. The van der Waals surface area contributed by atoms with Gasteiger partial charge in [0.1, 0.15) is 0 Å². The Labute approximate surface area is 156 Å². The predicted octanol–water partition coefficient (Wildman–Crippen LogP) is 2.09. The number of rotatable bonds is 11. The molecule has 0 saturated carbocycles. The molecule has 1 atom stereocenters. The normalized spacial score (nSPS) is 12.2. The molecule has 0 bridgehead atoms. The number of nitro groups is 1. The van der Waals surface area contributed by atoms with E-state index in [2.05, 4.69) is 0 Å². The predicted molar refractivity (Wildman–Crippen MR) is 94.8 cm³/mol. The molecule has 27 heavy (non-hydrogen) atoms. The first-order valence-electron chi connectivity index (χ1n) is 8.45. The van der Waals surface area contributed by atoms with Gasteiger partial charge in [0.05, 0.1) is 18.1 Å². The number of ether oxygens (including phenoxy) is 3. The van der Waals surface area contributed by atoms with E-state index in [0.717, 1.165) is 0 Å². The molecule has 0 saturated heterocycles. The third-order valence-electron chi connectivity index (χ3n) is 3.45. The largest absolute Gasteiger partial charge is 0.475 e. The number of nitrogens with zero attached hydrogens (tertiary/aromatic N) is 1. The van der Waals surface area contributed by atoms with E-state index in [1.54, 1.807) is 13.8 Å². The molecule has 148 valence electrons. The van der Waals surface area contributed by atoms with Gasteiger partial charge in [-0.05, 0) is 31.9 Å². The summed E-state index contributed by atoms with van der Waals surface area (Å²) in [4.78, 5) is 33.8. The van der Waals surface area contributed by atoms with Crippen molar-refractivity contribution in [3.05, 3.63) is 51.8 Å². The zero-order valence-electron chi connectivity index (χ0n) is 15.3. The fourth-order valence-corrected chi connectivity index (χ4v) is 2.23. The molecule has 0 spiro atoms. The summed E-state index contributed by atoms with van der Waals surface area (Å²) in [5.74, 6) is -2.06. The molecule has 9 nitrogen and oxygen atoms in total. The van der Waals surface area contributed by atoms with Gasteiger partial charge in [0.2, 0.25) is 5.76 Å². The van der Waals surface area contributed by atoms with Gasteiger partial charge >= 0.3 is 11.9 Å². The van der Waals surface area contributed by atoms with E-state index in [-0.39, 0.29) is 37.7 Å². The van der Waals surface area contributed by atoms with Gasteiger partial charge in [0, 0.05) is 24.7 Å².